The van der Waals surface area contributed by atoms with Crippen molar-refractivity contribution in [2.45, 2.75) is 30.8 Å². The fourth-order valence-corrected chi connectivity index (χ4v) is 3.37. The molecule has 1 aromatic carbocycles. The number of anilines is 1. The number of carbonyl (C=O) groups is 1. The van der Waals surface area contributed by atoms with Gasteiger partial charge in [0, 0.05) is 12.2 Å². The first-order chi connectivity index (χ1) is 13.0. The predicted octanol–water partition coefficient (Wildman–Crippen LogP) is 4.29. The fourth-order valence-electron chi connectivity index (χ4n) is 2.51. The minimum atomic E-state index is -0.459. The molecule has 0 saturated carbocycles. The van der Waals surface area contributed by atoms with E-state index >= 15 is 0 Å². The fraction of sp³-hybridized carbons (Fsp3) is 0.211. The zero-order valence-corrected chi connectivity index (χ0v) is 15.8. The first-order valence-corrected chi connectivity index (χ1v) is 9.19. The second kappa shape index (κ2) is 8.22. The Balaban J connectivity index is 1.78. The summed E-state index contributed by atoms with van der Waals surface area (Å²) in [5.74, 6) is 0.737. The minimum absolute atomic E-state index is 0.250. The molecule has 0 saturated heterocycles. The number of rotatable bonds is 7. The van der Waals surface area contributed by atoms with Crippen LogP contribution in [-0.4, -0.2) is 25.9 Å². The van der Waals surface area contributed by atoms with Crippen molar-refractivity contribution in [3.63, 3.8) is 0 Å². The molecule has 8 heteroatoms. The van der Waals surface area contributed by atoms with Crippen molar-refractivity contribution < 1.29 is 13.6 Å². The van der Waals surface area contributed by atoms with Crippen LogP contribution in [0.5, 0.6) is 0 Å². The van der Waals surface area contributed by atoms with E-state index in [1.807, 2.05) is 17.6 Å². The zero-order chi connectivity index (χ0) is 19.4. The van der Waals surface area contributed by atoms with Crippen molar-refractivity contribution in [2.24, 2.45) is 0 Å². The van der Waals surface area contributed by atoms with Crippen molar-refractivity contribution in [2.75, 3.05) is 5.32 Å². The van der Waals surface area contributed by atoms with Gasteiger partial charge >= 0.3 is 0 Å². The largest absolute Gasteiger partial charge is 0.469 e. The molecule has 0 spiro atoms. The summed E-state index contributed by atoms with van der Waals surface area (Å²) in [5, 5.41) is 11.3. The van der Waals surface area contributed by atoms with Crippen LogP contribution < -0.4 is 5.32 Å². The highest BCUT2D eigenvalue weighted by atomic mass is 32.2. The van der Waals surface area contributed by atoms with Gasteiger partial charge in [-0.15, -0.1) is 16.8 Å². The average Bonchev–Trinajstić information content (AvgIpc) is 3.21. The van der Waals surface area contributed by atoms with E-state index in [-0.39, 0.29) is 5.91 Å². The van der Waals surface area contributed by atoms with Crippen LogP contribution in [0.3, 0.4) is 0 Å². The Bertz CT molecular complexity index is 966. The topological polar surface area (TPSA) is 73.0 Å². The lowest BCUT2D eigenvalue weighted by molar-refractivity contribution is -0.115. The molecule has 2 aromatic heterocycles. The number of thioether (sulfide) groups is 1. The summed E-state index contributed by atoms with van der Waals surface area (Å²) in [4.78, 5) is 12.4. The Labute approximate surface area is 160 Å². The highest BCUT2D eigenvalue weighted by Gasteiger charge is 2.22. The van der Waals surface area contributed by atoms with Crippen molar-refractivity contribution in [1.29, 1.82) is 0 Å². The SMILES string of the molecule is C=CCn1c(S[C@H](C)C(=O)Nc2cccc(F)c2)nnc1-c1ccoc1C. The predicted molar refractivity (Wildman–Crippen MR) is 103 cm³/mol. The molecule has 0 bridgehead atoms. The van der Waals surface area contributed by atoms with Crippen LogP contribution in [0.4, 0.5) is 10.1 Å². The Kier molecular flexibility index (Phi) is 5.75. The molecular formula is C19H19FN4O2S. The van der Waals surface area contributed by atoms with Gasteiger partial charge in [-0.1, -0.05) is 23.9 Å². The highest BCUT2D eigenvalue weighted by molar-refractivity contribution is 8.00. The maximum atomic E-state index is 13.3. The number of amides is 1. The van der Waals surface area contributed by atoms with Crippen LogP contribution in [-0.2, 0) is 11.3 Å². The summed E-state index contributed by atoms with van der Waals surface area (Å²) in [6.07, 6.45) is 3.34. The molecule has 0 aliphatic carbocycles. The lowest BCUT2D eigenvalue weighted by atomic mass is 10.2. The van der Waals surface area contributed by atoms with Crippen LogP contribution in [0, 0.1) is 12.7 Å². The number of hydrogen-bond acceptors (Lipinski definition) is 5. The molecule has 0 aliphatic rings. The van der Waals surface area contributed by atoms with Crippen LogP contribution >= 0.6 is 11.8 Å². The van der Waals surface area contributed by atoms with E-state index in [9.17, 15) is 9.18 Å². The van der Waals surface area contributed by atoms with E-state index in [0.29, 0.717) is 23.2 Å². The van der Waals surface area contributed by atoms with Gasteiger partial charge in [0.2, 0.25) is 5.91 Å². The number of nitrogens with zero attached hydrogens (tertiary/aromatic N) is 3. The number of furan rings is 1. The molecule has 1 N–H and O–H groups in total. The average molecular weight is 386 g/mol. The Morgan fingerprint density at radius 3 is 2.93 bits per heavy atom. The summed E-state index contributed by atoms with van der Waals surface area (Å²) < 4.78 is 20.5. The van der Waals surface area contributed by atoms with Gasteiger partial charge in [0.25, 0.3) is 0 Å². The van der Waals surface area contributed by atoms with Gasteiger partial charge in [0.15, 0.2) is 11.0 Å². The summed E-state index contributed by atoms with van der Waals surface area (Å²) in [5.41, 5.74) is 1.25. The summed E-state index contributed by atoms with van der Waals surface area (Å²) >= 11 is 1.27. The molecule has 0 fully saturated rings. The Morgan fingerprint density at radius 1 is 1.44 bits per heavy atom. The molecule has 3 aromatic rings. The summed E-state index contributed by atoms with van der Waals surface area (Å²) in [6, 6.07) is 7.61. The molecule has 2 heterocycles. The van der Waals surface area contributed by atoms with E-state index in [4.69, 9.17) is 4.42 Å². The molecule has 140 valence electrons. The van der Waals surface area contributed by atoms with Gasteiger partial charge in [-0.05, 0) is 38.1 Å². The van der Waals surface area contributed by atoms with Crippen molar-refractivity contribution in [3.8, 4) is 11.4 Å². The molecule has 0 aliphatic heterocycles. The number of nitrogens with one attached hydrogen (secondary N) is 1. The lowest BCUT2D eigenvalue weighted by Gasteiger charge is -2.13. The number of halogens is 1. The first-order valence-electron chi connectivity index (χ1n) is 8.31. The molecule has 0 unspecified atom stereocenters. The quantitative estimate of drug-likeness (QED) is 0.484. The number of aromatic nitrogens is 3. The van der Waals surface area contributed by atoms with Gasteiger partial charge in [-0.3, -0.25) is 9.36 Å². The standard InChI is InChI=1S/C19H19FN4O2S/c1-4-9-24-17(16-8-10-26-12(16)2)22-23-19(24)27-13(3)18(25)21-15-7-5-6-14(20)11-15/h4-8,10-11,13H,1,9H2,2-3H3,(H,21,25)/t13-/m1/s1. The molecule has 0 radical (unpaired) electrons. The second-order valence-electron chi connectivity index (χ2n) is 5.86. The number of carbonyl (C=O) groups excluding carboxylic acids is 1. The number of hydrogen-bond donors (Lipinski definition) is 1. The molecule has 6 nitrogen and oxygen atoms in total. The van der Waals surface area contributed by atoms with Crippen LogP contribution in [0.25, 0.3) is 11.4 Å². The van der Waals surface area contributed by atoms with E-state index in [1.165, 1.54) is 23.9 Å². The monoisotopic (exact) mass is 386 g/mol. The number of allylic oxidation sites excluding steroid dienone is 1. The number of benzene rings is 1. The van der Waals surface area contributed by atoms with Crippen LogP contribution in [0.2, 0.25) is 0 Å². The third-order valence-electron chi connectivity index (χ3n) is 3.87. The van der Waals surface area contributed by atoms with Gasteiger partial charge in [-0.25, -0.2) is 4.39 Å². The van der Waals surface area contributed by atoms with E-state index in [1.54, 1.807) is 31.4 Å². The van der Waals surface area contributed by atoms with E-state index in [0.717, 1.165) is 11.3 Å². The molecule has 1 amide bonds. The third kappa shape index (κ3) is 4.28. The molecular weight excluding hydrogens is 367 g/mol. The number of aryl methyl sites for hydroxylation is 1. The molecule has 1 atom stereocenters. The Hall–Kier alpha value is -2.87. The van der Waals surface area contributed by atoms with Crippen molar-refractivity contribution >= 4 is 23.4 Å². The summed E-state index contributed by atoms with van der Waals surface area (Å²) in [6.45, 7) is 7.88. The van der Waals surface area contributed by atoms with Gasteiger partial charge < -0.3 is 9.73 Å². The maximum Gasteiger partial charge on any atom is 0.237 e. The zero-order valence-electron chi connectivity index (χ0n) is 15.0. The molecule has 3 rings (SSSR count). The van der Waals surface area contributed by atoms with Crippen molar-refractivity contribution in [1.82, 2.24) is 14.8 Å². The Morgan fingerprint density at radius 2 is 2.26 bits per heavy atom. The third-order valence-corrected chi connectivity index (χ3v) is 4.95. The normalized spacial score (nSPS) is 12.0. The second-order valence-corrected chi connectivity index (χ2v) is 7.16. The maximum absolute atomic E-state index is 13.3. The van der Waals surface area contributed by atoms with Crippen LogP contribution in [0.1, 0.15) is 12.7 Å². The van der Waals surface area contributed by atoms with Gasteiger partial charge in [0.05, 0.1) is 17.1 Å². The van der Waals surface area contributed by atoms with Crippen molar-refractivity contribution in [3.05, 3.63) is 60.8 Å². The van der Waals surface area contributed by atoms with E-state index < -0.39 is 11.1 Å². The highest BCUT2D eigenvalue weighted by Crippen LogP contribution is 2.29. The molecule has 27 heavy (non-hydrogen) atoms. The minimum Gasteiger partial charge on any atom is -0.469 e. The van der Waals surface area contributed by atoms with Gasteiger partial charge in [-0.2, -0.15) is 0 Å². The first kappa shape index (κ1) is 18.9. The summed E-state index contributed by atoms with van der Waals surface area (Å²) in [7, 11) is 0. The van der Waals surface area contributed by atoms with E-state index in [2.05, 4.69) is 22.1 Å². The smallest absolute Gasteiger partial charge is 0.237 e. The van der Waals surface area contributed by atoms with Crippen LogP contribution in [0.15, 0.2) is 58.8 Å². The van der Waals surface area contributed by atoms with Gasteiger partial charge in [0.1, 0.15) is 11.6 Å². The lowest BCUT2D eigenvalue weighted by Crippen LogP contribution is -2.23.